The summed E-state index contributed by atoms with van der Waals surface area (Å²) in [4.78, 5) is 23.2. The summed E-state index contributed by atoms with van der Waals surface area (Å²) in [6.45, 7) is 7.87. The molecule has 0 aromatic heterocycles. The van der Waals surface area contributed by atoms with Crippen LogP contribution in [0.5, 0.6) is 0 Å². The van der Waals surface area contributed by atoms with E-state index in [1.807, 2.05) is 48.6 Å². The second kappa shape index (κ2) is 11.3. The summed E-state index contributed by atoms with van der Waals surface area (Å²) in [6.07, 6.45) is 9.25. The second-order valence-electron chi connectivity index (χ2n) is 9.54. The van der Waals surface area contributed by atoms with Gasteiger partial charge in [0, 0.05) is 0 Å². The van der Waals surface area contributed by atoms with Crippen LogP contribution in [0.25, 0.3) is 56.0 Å². The van der Waals surface area contributed by atoms with Gasteiger partial charge in [0.25, 0.3) is 0 Å². The Morgan fingerprint density at radius 2 is 0.975 bits per heavy atom. The molecule has 0 amide bonds. The van der Waals surface area contributed by atoms with Gasteiger partial charge >= 0.3 is 11.9 Å². The third-order valence-corrected chi connectivity index (χ3v) is 7.07. The van der Waals surface area contributed by atoms with Gasteiger partial charge in [-0.15, -0.1) is 13.2 Å². The van der Waals surface area contributed by atoms with Gasteiger partial charge in [-0.05, 0) is 103 Å². The predicted octanol–water partition coefficient (Wildman–Crippen LogP) is 7.44. The van der Waals surface area contributed by atoms with Gasteiger partial charge in [0.05, 0.1) is 11.1 Å². The van der Waals surface area contributed by atoms with Gasteiger partial charge in [0.15, 0.2) is 0 Å². The van der Waals surface area contributed by atoms with Crippen molar-refractivity contribution >= 4 is 45.6 Å². The smallest absolute Gasteiger partial charge is 0.335 e. The molecule has 0 heterocycles. The van der Waals surface area contributed by atoms with Crippen molar-refractivity contribution in [3.63, 3.8) is 0 Å². The van der Waals surface area contributed by atoms with Crippen LogP contribution in [0.3, 0.4) is 0 Å². The molecule has 0 aliphatic rings. The first-order valence-corrected chi connectivity index (χ1v) is 13.0. The van der Waals surface area contributed by atoms with Crippen LogP contribution in [-0.4, -0.2) is 22.2 Å². The minimum atomic E-state index is -0.971. The van der Waals surface area contributed by atoms with E-state index in [-0.39, 0.29) is 11.1 Å². The molecule has 0 atom stereocenters. The van der Waals surface area contributed by atoms with Crippen LogP contribution < -0.4 is 10.4 Å². The summed E-state index contributed by atoms with van der Waals surface area (Å²) in [5.41, 5.74) is 4.26. The van der Waals surface area contributed by atoms with Crippen molar-refractivity contribution in [3.05, 3.63) is 132 Å². The zero-order valence-corrected chi connectivity index (χ0v) is 21.9. The molecule has 5 aromatic rings. The average Bonchev–Trinajstić information content (AvgIpc) is 2.97. The molecule has 0 spiro atoms. The third-order valence-electron chi connectivity index (χ3n) is 7.07. The Bertz CT molecular complexity index is 1770. The Balaban J connectivity index is 2.02. The quantitative estimate of drug-likeness (QED) is 0.163. The number of allylic oxidation sites excluding steroid dienone is 2. The standard InChI is InChI=1S/C36H28O4/c1-3-5-11-29-30(12-6-4-2)34(24-15-19-26(20-16-24)36(39)40)32-22-28-10-8-7-9-27(28)21-31(32)33(29)23-13-17-25(18-14-23)35(37)38/h3-4,7-22H,1-2,5-6H2,(H,37,38)(H,39,40)/b29-11+,30-12+. The minimum absolute atomic E-state index is 0.226. The van der Waals surface area contributed by atoms with Gasteiger partial charge in [0.2, 0.25) is 0 Å². The molecule has 0 aliphatic heterocycles. The van der Waals surface area contributed by atoms with E-state index in [0.717, 1.165) is 54.2 Å². The highest BCUT2D eigenvalue weighted by Gasteiger charge is 2.17. The van der Waals surface area contributed by atoms with Crippen LogP contribution in [0.15, 0.2) is 110 Å². The largest absolute Gasteiger partial charge is 0.478 e. The van der Waals surface area contributed by atoms with Crippen molar-refractivity contribution in [2.45, 2.75) is 12.8 Å². The van der Waals surface area contributed by atoms with Gasteiger partial charge in [-0.2, -0.15) is 0 Å². The fraction of sp³-hybridized carbons (Fsp3) is 0.0556. The molecular formula is C36H28O4. The fourth-order valence-electron chi connectivity index (χ4n) is 5.22. The Morgan fingerprint density at radius 1 is 0.600 bits per heavy atom. The van der Waals surface area contributed by atoms with Gasteiger partial charge < -0.3 is 10.2 Å². The molecule has 0 bridgehead atoms. The number of carbonyl (C=O) groups is 2. The van der Waals surface area contributed by atoms with Crippen LogP contribution in [0.1, 0.15) is 33.6 Å². The van der Waals surface area contributed by atoms with Crippen molar-refractivity contribution < 1.29 is 19.8 Å². The maximum atomic E-state index is 11.6. The predicted molar refractivity (Wildman–Crippen MR) is 164 cm³/mol. The first kappa shape index (κ1) is 26.4. The van der Waals surface area contributed by atoms with Crippen molar-refractivity contribution in [2.24, 2.45) is 0 Å². The van der Waals surface area contributed by atoms with E-state index in [9.17, 15) is 19.8 Å². The summed E-state index contributed by atoms with van der Waals surface area (Å²) in [5.74, 6) is -1.94. The molecule has 2 N–H and O–H groups in total. The van der Waals surface area contributed by atoms with Crippen LogP contribution in [0, 0.1) is 0 Å². The van der Waals surface area contributed by atoms with E-state index in [0.29, 0.717) is 12.8 Å². The molecule has 0 unspecified atom stereocenters. The number of hydrogen-bond donors (Lipinski definition) is 2. The normalized spacial score (nSPS) is 12.1. The highest BCUT2D eigenvalue weighted by Crippen LogP contribution is 2.35. The zero-order chi connectivity index (χ0) is 28.2. The maximum absolute atomic E-state index is 11.6. The highest BCUT2D eigenvalue weighted by molar-refractivity contribution is 6.11. The van der Waals surface area contributed by atoms with E-state index >= 15 is 0 Å². The molecule has 5 aromatic carbocycles. The molecule has 0 radical (unpaired) electrons. The van der Waals surface area contributed by atoms with Crippen molar-refractivity contribution in [1.82, 2.24) is 0 Å². The number of carboxylic acid groups (broad SMARTS) is 2. The second-order valence-corrected chi connectivity index (χ2v) is 9.54. The lowest BCUT2D eigenvalue weighted by molar-refractivity contribution is 0.0686. The summed E-state index contributed by atoms with van der Waals surface area (Å²) >= 11 is 0. The molecule has 196 valence electrons. The number of fused-ring (bicyclic) bond motifs is 2. The number of carboxylic acids is 2. The SMILES string of the molecule is C=CC/C=c1/c(-c2ccc(C(=O)O)cc2)c2cc3ccccc3cc2c(-c2ccc(C(=O)O)cc2)/c1=C/CC=C. The summed E-state index contributed by atoms with van der Waals surface area (Å²) in [7, 11) is 0. The molecule has 5 rings (SSSR count). The van der Waals surface area contributed by atoms with Crippen molar-refractivity contribution in [1.29, 1.82) is 0 Å². The molecule has 0 aliphatic carbocycles. The van der Waals surface area contributed by atoms with Crippen LogP contribution in [-0.2, 0) is 0 Å². The van der Waals surface area contributed by atoms with Crippen molar-refractivity contribution in [2.75, 3.05) is 0 Å². The van der Waals surface area contributed by atoms with Gasteiger partial charge in [-0.3, -0.25) is 0 Å². The lowest BCUT2D eigenvalue weighted by Gasteiger charge is -2.17. The van der Waals surface area contributed by atoms with Crippen LogP contribution >= 0.6 is 0 Å². The lowest BCUT2D eigenvalue weighted by Crippen LogP contribution is -2.30. The lowest BCUT2D eigenvalue weighted by atomic mass is 9.86. The third kappa shape index (κ3) is 4.95. The van der Waals surface area contributed by atoms with Crippen LogP contribution in [0.4, 0.5) is 0 Å². The number of benzene rings is 5. The Morgan fingerprint density at radius 3 is 1.30 bits per heavy atom. The molecule has 0 fully saturated rings. The zero-order valence-electron chi connectivity index (χ0n) is 21.9. The highest BCUT2D eigenvalue weighted by atomic mass is 16.4. The topological polar surface area (TPSA) is 74.6 Å². The first-order valence-electron chi connectivity index (χ1n) is 13.0. The first-order chi connectivity index (χ1) is 19.4. The maximum Gasteiger partial charge on any atom is 0.335 e. The molecule has 0 saturated carbocycles. The Hall–Kier alpha value is -5.22. The minimum Gasteiger partial charge on any atom is -0.478 e. The van der Waals surface area contributed by atoms with Gasteiger partial charge in [-0.1, -0.05) is 72.8 Å². The fourth-order valence-corrected chi connectivity index (χ4v) is 5.22. The van der Waals surface area contributed by atoms with Gasteiger partial charge in [-0.25, -0.2) is 9.59 Å². The molecule has 4 heteroatoms. The van der Waals surface area contributed by atoms with E-state index in [4.69, 9.17) is 0 Å². The van der Waals surface area contributed by atoms with E-state index < -0.39 is 11.9 Å². The monoisotopic (exact) mass is 524 g/mol. The number of rotatable bonds is 8. The van der Waals surface area contributed by atoms with Crippen LogP contribution in [0.2, 0.25) is 0 Å². The number of aromatic carboxylic acids is 2. The Labute approximate surface area is 232 Å². The summed E-state index contributed by atoms with van der Waals surface area (Å²) in [6, 6.07) is 26.5. The van der Waals surface area contributed by atoms with E-state index in [2.05, 4.69) is 49.6 Å². The molecule has 4 nitrogen and oxygen atoms in total. The van der Waals surface area contributed by atoms with E-state index in [1.54, 1.807) is 24.3 Å². The Kier molecular flexibility index (Phi) is 7.43. The molecule has 0 saturated heterocycles. The summed E-state index contributed by atoms with van der Waals surface area (Å²) < 4.78 is 0. The van der Waals surface area contributed by atoms with Crippen molar-refractivity contribution in [3.8, 4) is 22.3 Å². The summed E-state index contributed by atoms with van der Waals surface area (Å²) in [5, 5.41) is 25.2. The van der Waals surface area contributed by atoms with E-state index in [1.165, 1.54) is 0 Å². The molecule has 40 heavy (non-hydrogen) atoms. The van der Waals surface area contributed by atoms with Gasteiger partial charge in [0.1, 0.15) is 0 Å². The average molecular weight is 525 g/mol. The number of hydrogen-bond acceptors (Lipinski definition) is 2. The molecular weight excluding hydrogens is 496 g/mol.